The molecule has 11 heteroatoms. The van der Waals surface area contributed by atoms with Gasteiger partial charge in [-0.25, -0.2) is 8.78 Å². The van der Waals surface area contributed by atoms with Crippen LogP contribution < -0.4 is 5.32 Å². The van der Waals surface area contributed by atoms with Crippen molar-refractivity contribution < 1.29 is 45.0 Å². The van der Waals surface area contributed by atoms with Crippen LogP contribution in [0.2, 0.25) is 0 Å². The van der Waals surface area contributed by atoms with Crippen molar-refractivity contribution in [2.45, 2.75) is 18.3 Å². The van der Waals surface area contributed by atoms with E-state index in [1.165, 1.54) is 0 Å². The number of aliphatic hydroxyl groups excluding tert-OH is 1. The summed E-state index contributed by atoms with van der Waals surface area (Å²) in [6, 6.07) is 0. The van der Waals surface area contributed by atoms with Crippen LogP contribution in [0.1, 0.15) is 0 Å². The van der Waals surface area contributed by atoms with Crippen molar-refractivity contribution in [3.8, 4) is 0 Å². The molecule has 3 nitrogen and oxygen atoms in total. The first-order chi connectivity index (χ1) is 7.81. The maximum atomic E-state index is 12.3. The highest BCUT2D eigenvalue weighted by molar-refractivity contribution is 5.80. The van der Waals surface area contributed by atoms with E-state index < -0.39 is 43.3 Å². The van der Waals surface area contributed by atoms with Gasteiger partial charge in [0.15, 0.2) is 0 Å². The molecule has 1 amide bonds. The molecular weight excluding hydrogens is 282 g/mol. The first kappa shape index (κ1) is 16.9. The Balaban J connectivity index is 4.82. The molecule has 0 spiro atoms. The highest BCUT2D eigenvalue weighted by Gasteiger charge is 2.61. The second-order valence-electron chi connectivity index (χ2n) is 3.25. The van der Waals surface area contributed by atoms with Crippen LogP contribution in [-0.4, -0.2) is 42.4 Å². The van der Waals surface area contributed by atoms with Crippen LogP contribution in [0.25, 0.3) is 0 Å². The molecule has 0 aliphatic heterocycles. The molecular formula is C7H7F8NO2. The number of rotatable bonds is 4. The van der Waals surface area contributed by atoms with Gasteiger partial charge in [0.05, 0.1) is 6.54 Å². The molecule has 0 saturated heterocycles. The predicted molar refractivity (Wildman–Crippen MR) is 40.6 cm³/mol. The van der Waals surface area contributed by atoms with Crippen LogP contribution in [-0.2, 0) is 4.79 Å². The third-order valence-corrected chi connectivity index (χ3v) is 1.67. The molecule has 0 atom stereocenters. The van der Waals surface area contributed by atoms with Crippen molar-refractivity contribution in [3.63, 3.8) is 0 Å². The molecule has 0 aliphatic rings. The Morgan fingerprint density at radius 2 is 1.39 bits per heavy atom. The average Bonchev–Trinajstić information content (AvgIpc) is 2.10. The second-order valence-corrected chi connectivity index (χ2v) is 3.25. The third-order valence-electron chi connectivity index (χ3n) is 1.67. The smallest absolute Gasteiger partial charge is 0.390 e. The second kappa shape index (κ2) is 5.24. The topological polar surface area (TPSA) is 49.3 Å². The quantitative estimate of drug-likeness (QED) is 0.770. The number of hydrogen-bond donors (Lipinski definition) is 2. The van der Waals surface area contributed by atoms with E-state index in [0.29, 0.717) is 0 Å². The fourth-order valence-electron chi connectivity index (χ4n) is 0.857. The van der Waals surface area contributed by atoms with Crippen LogP contribution in [0.4, 0.5) is 35.1 Å². The Morgan fingerprint density at radius 3 is 1.67 bits per heavy atom. The number of nitrogens with one attached hydrogen (secondary N) is 1. The number of halogens is 8. The molecule has 0 aliphatic carbocycles. The van der Waals surface area contributed by atoms with Gasteiger partial charge in [0.25, 0.3) is 5.92 Å². The summed E-state index contributed by atoms with van der Waals surface area (Å²) in [6.07, 6.45) is -11.9. The normalized spacial score (nSPS) is 13.9. The van der Waals surface area contributed by atoms with Gasteiger partial charge in [-0.15, -0.1) is 0 Å². The molecule has 0 bridgehead atoms. The molecule has 0 rings (SSSR count). The zero-order chi connectivity index (χ0) is 14.8. The van der Waals surface area contributed by atoms with Gasteiger partial charge < -0.3 is 10.4 Å². The van der Waals surface area contributed by atoms with E-state index >= 15 is 0 Å². The molecule has 0 saturated carbocycles. The van der Waals surface area contributed by atoms with Gasteiger partial charge in [0.1, 0.15) is 6.61 Å². The average molecular weight is 289 g/mol. The lowest BCUT2D eigenvalue weighted by Crippen LogP contribution is -2.50. The maximum absolute atomic E-state index is 12.3. The number of amides is 1. The van der Waals surface area contributed by atoms with Crippen molar-refractivity contribution in [3.05, 3.63) is 0 Å². The van der Waals surface area contributed by atoms with Gasteiger partial charge in [-0.3, -0.25) is 4.79 Å². The number of carbonyl (C=O) groups is 1. The van der Waals surface area contributed by atoms with E-state index in [4.69, 9.17) is 5.11 Å². The fourth-order valence-corrected chi connectivity index (χ4v) is 0.857. The minimum Gasteiger partial charge on any atom is -0.390 e. The van der Waals surface area contributed by atoms with Crippen molar-refractivity contribution >= 4 is 5.91 Å². The predicted octanol–water partition coefficient (Wildman–Crippen LogP) is 1.47. The highest BCUT2D eigenvalue weighted by atomic mass is 19.4. The first-order valence-corrected chi connectivity index (χ1v) is 4.21. The van der Waals surface area contributed by atoms with E-state index in [1.807, 2.05) is 0 Å². The van der Waals surface area contributed by atoms with Crippen LogP contribution in [0, 0.1) is 5.92 Å². The number of alkyl halides is 8. The molecule has 108 valence electrons. The van der Waals surface area contributed by atoms with Gasteiger partial charge in [-0.1, -0.05) is 0 Å². The largest absolute Gasteiger partial charge is 0.409 e. The van der Waals surface area contributed by atoms with Crippen LogP contribution in [0.15, 0.2) is 0 Å². The molecule has 0 aromatic carbocycles. The van der Waals surface area contributed by atoms with Crippen LogP contribution in [0.3, 0.4) is 0 Å². The monoisotopic (exact) mass is 289 g/mol. The lowest BCUT2D eigenvalue weighted by molar-refractivity contribution is -0.274. The summed E-state index contributed by atoms with van der Waals surface area (Å²) in [6.45, 7) is -3.65. The van der Waals surface area contributed by atoms with Gasteiger partial charge >= 0.3 is 12.4 Å². The molecule has 0 radical (unpaired) electrons. The number of carbonyl (C=O) groups excluding carboxylic acids is 1. The van der Waals surface area contributed by atoms with Crippen molar-refractivity contribution in [1.82, 2.24) is 5.32 Å². The summed E-state index contributed by atoms with van der Waals surface area (Å²) in [7, 11) is 0. The minimum absolute atomic E-state index is 0.798. The molecule has 18 heavy (non-hydrogen) atoms. The summed E-state index contributed by atoms with van der Waals surface area (Å²) < 4.78 is 96.4. The molecule has 0 fully saturated rings. The first-order valence-electron chi connectivity index (χ1n) is 4.21. The van der Waals surface area contributed by atoms with Crippen LogP contribution >= 0.6 is 0 Å². The Morgan fingerprint density at radius 1 is 1.00 bits per heavy atom. The van der Waals surface area contributed by atoms with E-state index in [9.17, 15) is 39.9 Å². The summed E-state index contributed by atoms with van der Waals surface area (Å²) in [5.41, 5.74) is 0. The molecule has 2 N–H and O–H groups in total. The maximum Gasteiger partial charge on any atom is 0.409 e. The Labute approximate surface area is 94.8 Å². The molecule has 0 unspecified atom stereocenters. The van der Waals surface area contributed by atoms with Crippen molar-refractivity contribution in [2.75, 3.05) is 13.2 Å². The van der Waals surface area contributed by atoms with Crippen LogP contribution in [0.5, 0.6) is 0 Å². The zero-order valence-electron chi connectivity index (χ0n) is 8.37. The van der Waals surface area contributed by atoms with E-state index in [1.54, 1.807) is 0 Å². The Bertz CT molecular complexity index is 283. The van der Waals surface area contributed by atoms with E-state index in [2.05, 4.69) is 0 Å². The summed E-state index contributed by atoms with van der Waals surface area (Å²) in [5, 5.41) is 8.82. The van der Waals surface area contributed by atoms with Gasteiger partial charge in [0.2, 0.25) is 11.8 Å². The van der Waals surface area contributed by atoms with E-state index in [-0.39, 0.29) is 0 Å². The number of aliphatic hydroxyl groups is 1. The number of hydrogen-bond acceptors (Lipinski definition) is 2. The standard InChI is InChI=1S/C7H7F8NO2/c8-5(9,2-17)1-16-4(18)3(6(10,11)12)7(13,14)15/h3,17H,1-2H2,(H,16,18). The Kier molecular flexibility index (Phi) is 4.91. The molecule has 0 heterocycles. The van der Waals surface area contributed by atoms with Crippen molar-refractivity contribution in [1.29, 1.82) is 0 Å². The zero-order valence-corrected chi connectivity index (χ0v) is 8.37. The lowest BCUT2D eigenvalue weighted by Gasteiger charge is -2.23. The summed E-state index contributed by atoms with van der Waals surface area (Å²) in [5.74, 6) is -11.0. The van der Waals surface area contributed by atoms with Gasteiger partial charge in [-0.2, -0.15) is 26.3 Å². The Hall–Kier alpha value is -1.13. The third kappa shape index (κ3) is 5.02. The summed E-state index contributed by atoms with van der Waals surface area (Å²) in [4.78, 5) is 10.6. The van der Waals surface area contributed by atoms with Crippen molar-refractivity contribution in [2.24, 2.45) is 5.92 Å². The SMILES string of the molecule is O=C(NCC(F)(F)CO)C(C(F)(F)F)C(F)(F)F. The molecule has 0 aromatic rings. The van der Waals surface area contributed by atoms with Gasteiger partial charge in [-0.05, 0) is 0 Å². The fraction of sp³-hybridized carbons (Fsp3) is 0.857. The van der Waals surface area contributed by atoms with Gasteiger partial charge in [0, 0.05) is 0 Å². The summed E-state index contributed by atoms with van der Waals surface area (Å²) >= 11 is 0. The lowest BCUT2D eigenvalue weighted by atomic mass is 10.1. The minimum atomic E-state index is -5.95. The molecule has 0 aromatic heterocycles. The van der Waals surface area contributed by atoms with E-state index in [0.717, 1.165) is 5.32 Å². The highest BCUT2D eigenvalue weighted by Crippen LogP contribution is 2.39.